The molecule has 0 unspecified atom stereocenters. The fourth-order valence-electron chi connectivity index (χ4n) is 2.06. The summed E-state index contributed by atoms with van der Waals surface area (Å²) in [5.41, 5.74) is 2.31. The Hall–Kier alpha value is -2.07. The molecule has 2 rings (SSSR count). The van der Waals surface area contributed by atoms with Crippen molar-refractivity contribution in [2.75, 3.05) is 20.6 Å². The van der Waals surface area contributed by atoms with E-state index in [1.54, 1.807) is 6.07 Å². The summed E-state index contributed by atoms with van der Waals surface area (Å²) in [6.45, 7) is 1.46. The lowest BCUT2D eigenvalue weighted by Gasteiger charge is -2.15. The molecule has 0 aliphatic carbocycles. The molecule has 0 fully saturated rings. The van der Waals surface area contributed by atoms with Crippen LogP contribution in [0, 0.1) is 0 Å². The first-order chi connectivity index (χ1) is 9.09. The lowest BCUT2D eigenvalue weighted by molar-refractivity contribution is 0.0684. The van der Waals surface area contributed by atoms with Crippen LogP contribution < -0.4 is 0 Å². The first-order valence-corrected chi connectivity index (χ1v) is 6.22. The van der Waals surface area contributed by atoms with Crippen LogP contribution in [0.2, 0.25) is 0 Å². The fraction of sp³-hybridized carbons (Fsp3) is 0.267. The topological polar surface area (TPSA) is 45.5 Å². The Labute approximate surface area is 112 Å². The first-order valence-electron chi connectivity index (χ1n) is 6.22. The molecule has 2 aromatic rings. The molecule has 1 aromatic carbocycles. The zero-order chi connectivity index (χ0) is 13.8. The van der Waals surface area contributed by atoms with Crippen LogP contribution >= 0.6 is 0 Å². The summed E-state index contributed by atoms with van der Waals surface area (Å²) < 4.78 is 1.86. The van der Waals surface area contributed by atoms with Crippen molar-refractivity contribution in [1.29, 1.82) is 0 Å². The second kappa shape index (κ2) is 5.71. The van der Waals surface area contributed by atoms with Crippen molar-refractivity contribution in [3.63, 3.8) is 0 Å². The molecular formula is C15H18N2O2. The van der Waals surface area contributed by atoms with E-state index in [1.807, 2.05) is 60.0 Å². The van der Waals surface area contributed by atoms with Crippen molar-refractivity contribution >= 4 is 5.97 Å². The van der Waals surface area contributed by atoms with E-state index in [-0.39, 0.29) is 0 Å². The van der Waals surface area contributed by atoms with E-state index >= 15 is 0 Å². The molecule has 0 aliphatic heterocycles. The van der Waals surface area contributed by atoms with Gasteiger partial charge in [0.1, 0.15) is 5.69 Å². The normalized spacial score (nSPS) is 10.9. The van der Waals surface area contributed by atoms with E-state index < -0.39 is 5.97 Å². The highest BCUT2D eigenvalue weighted by molar-refractivity contribution is 5.87. The quantitative estimate of drug-likeness (QED) is 0.895. The molecule has 4 heteroatoms. The summed E-state index contributed by atoms with van der Waals surface area (Å²) in [5, 5.41) is 9.26. The Bertz CT molecular complexity index is 559. The van der Waals surface area contributed by atoms with Crippen molar-refractivity contribution in [2.45, 2.75) is 6.54 Å². The number of carbonyl (C=O) groups is 1. The highest BCUT2D eigenvalue weighted by Gasteiger charge is 2.14. The predicted octanol–water partition coefficient (Wildman–Crippen LogP) is 2.41. The van der Waals surface area contributed by atoms with Crippen LogP contribution in [0.25, 0.3) is 11.3 Å². The van der Waals surface area contributed by atoms with E-state index in [1.165, 1.54) is 0 Å². The summed E-state index contributed by atoms with van der Waals surface area (Å²) in [5.74, 6) is -0.888. The van der Waals surface area contributed by atoms with Crippen molar-refractivity contribution in [1.82, 2.24) is 9.47 Å². The third-order valence-electron chi connectivity index (χ3n) is 3.04. The average molecular weight is 258 g/mol. The number of rotatable bonds is 5. The van der Waals surface area contributed by atoms with Gasteiger partial charge in [-0.25, -0.2) is 4.79 Å². The third-order valence-corrected chi connectivity index (χ3v) is 3.04. The van der Waals surface area contributed by atoms with Crippen molar-refractivity contribution in [2.24, 2.45) is 0 Å². The van der Waals surface area contributed by atoms with E-state index in [9.17, 15) is 9.90 Å². The lowest BCUT2D eigenvalue weighted by Crippen LogP contribution is -2.21. The van der Waals surface area contributed by atoms with Crippen LogP contribution in [0.4, 0.5) is 0 Å². The zero-order valence-corrected chi connectivity index (χ0v) is 11.2. The molecule has 0 aliphatic rings. The molecule has 0 saturated carbocycles. The van der Waals surface area contributed by atoms with Crippen molar-refractivity contribution in [3.05, 3.63) is 48.2 Å². The van der Waals surface area contributed by atoms with Crippen LogP contribution in [0.3, 0.4) is 0 Å². The van der Waals surface area contributed by atoms with Crippen LogP contribution in [-0.4, -0.2) is 41.2 Å². The largest absolute Gasteiger partial charge is 0.477 e. The Balaban J connectivity index is 2.41. The number of aromatic nitrogens is 1. The Morgan fingerprint density at radius 2 is 1.84 bits per heavy atom. The van der Waals surface area contributed by atoms with Gasteiger partial charge in [-0.2, -0.15) is 0 Å². The Morgan fingerprint density at radius 1 is 1.16 bits per heavy atom. The van der Waals surface area contributed by atoms with Gasteiger partial charge in [0, 0.05) is 18.8 Å². The van der Waals surface area contributed by atoms with Crippen LogP contribution in [-0.2, 0) is 6.54 Å². The van der Waals surface area contributed by atoms with Gasteiger partial charge in [0.15, 0.2) is 0 Å². The monoisotopic (exact) mass is 258 g/mol. The second-order valence-corrected chi connectivity index (χ2v) is 4.73. The minimum absolute atomic E-state index is 0.334. The Morgan fingerprint density at radius 3 is 2.42 bits per heavy atom. The van der Waals surface area contributed by atoms with Gasteiger partial charge in [0.05, 0.1) is 0 Å². The summed E-state index contributed by atoms with van der Waals surface area (Å²) in [6.07, 6.45) is 0. The summed E-state index contributed by atoms with van der Waals surface area (Å²) in [7, 11) is 3.96. The first kappa shape index (κ1) is 13.4. The molecule has 1 heterocycles. The molecule has 1 aromatic heterocycles. The maximum Gasteiger partial charge on any atom is 0.352 e. The fourth-order valence-corrected chi connectivity index (χ4v) is 2.06. The zero-order valence-electron chi connectivity index (χ0n) is 11.2. The van der Waals surface area contributed by atoms with Crippen molar-refractivity contribution in [3.8, 4) is 11.3 Å². The molecule has 4 nitrogen and oxygen atoms in total. The number of aromatic carboxylic acids is 1. The number of carboxylic acids is 1. The standard InChI is InChI=1S/C15H18N2O2/c1-16(2)10-11-17-13(8-9-14(17)15(18)19)12-6-4-3-5-7-12/h3-9H,10-11H2,1-2H3,(H,18,19). The summed E-state index contributed by atoms with van der Waals surface area (Å²) in [6, 6.07) is 13.4. The predicted molar refractivity (Wildman–Crippen MR) is 75.4 cm³/mol. The highest BCUT2D eigenvalue weighted by atomic mass is 16.4. The smallest absolute Gasteiger partial charge is 0.352 e. The summed E-state index contributed by atoms with van der Waals surface area (Å²) >= 11 is 0. The molecule has 1 N–H and O–H groups in total. The highest BCUT2D eigenvalue weighted by Crippen LogP contribution is 2.22. The molecule has 0 amide bonds. The van der Waals surface area contributed by atoms with Gasteiger partial charge in [0.25, 0.3) is 0 Å². The van der Waals surface area contributed by atoms with Gasteiger partial charge < -0.3 is 14.6 Å². The number of nitrogens with zero attached hydrogens (tertiary/aromatic N) is 2. The lowest BCUT2D eigenvalue weighted by atomic mass is 10.1. The number of carboxylic acid groups (broad SMARTS) is 1. The van der Waals surface area contributed by atoms with Crippen LogP contribution in [0.5, 0.6) is 0 Å². The molecular weight excluding hydrogens is 240 g/mol. The van der Waals surface area contributed by atoms with E-state index in [4.69, 9.17) is 0 Å². The van der Waals surface area contributed by atoms with E-state index in [0.29, 0.717) is 12.2 Å². The van der Waals surface area contributed by atoms with Gasteiger partial charge in [-0.15, -0.1) is 0 Å². The number of likely N-dealkylation sites (N-methyl/N-ethyl adjacent to an activating group) is 1. The van der Waals surface area contributed by atoms with Gasteiger partial charge in [0.2, 0.25) is 0 Å². The average Bonchev–Trinajstić information content (AvgIpc) is 2.81. The Kier molecular flexibility index (Phi) is 4.02. The van der Waals surface area contributed by atoms with Gasteiger partial charge >= 0.3 is 5.97 Å². The van der Waals surface area contributed by atoms with Crippen LogP contribution in [0.15, 0.2) is 42.5 Å². The molecule has 0 radical (unpaired) electrons. The van der Waals surface area contributed by atoms with Gasteiger partial charge in [-0.05, 0) is 31.8 Å². The maximum atomic E-state index is 11.3. The maximum absolute atomic E-state index is 11.3. The van der Waals surface area contributed by atoms with E-state index in [2.05, 4.69) is 0 Å². The molecule has 0 atom stereocenters. The molecule has 19 heavy (non-hydrogen) atoms. The number of hydrogen-bond donors (Lipinski definition) is 1. The van der Waals surface area contributed by atoms with Gasteiger partial charge in [-0.3, -0.25) is 0 Å². The van der Waals surface area contributed by atoms with Gasteiger partial charge in [-0.1, -0.05) is 30.3 Å². The SMILES string of the molecule is CN(C)CCn1c(C(=O)O)ccc1-c1ccccc1. The third kappa shape index (κ3) is 3.03. The minimum Gasteiger partial charge on any atom is -0.477 e. The number of benzene rings is 1. The summed E-state index contributed by atoms with van der Waals surface area (Å²) in [4.78, 5) is 13.3. The minimum atomic E-state index is -0.888. The second-order valence-electron chi connectivity index (χ2n) is 4.73. The van der Waals surface area contributed by atoms with E-state index in [0.717, 1.165) is 17.8 Å². The molecule has 0 spiro atoms. The molecule has 0 bridgehead atoms. The van der Waals surface area contributed by atoms with Crippen molar-refractivity contribution < 1.29 is 9.90 Å². The molecule has 100 valence electrons. The number of hydrogen-bond acceptors (Lipinski definition) is 2. The molecule has 0 saturated heterocycles. The van der Waals surface area contributed by atoms with Crippen LogP contribution in [0.1, 0.15) is 10.5 Å².